The van der Waals surface area contributed by atoms with Crippen molar-refractivity contribution in [3.05, 3.63) is 83.9 Å². The van der Waals surface area contributed by atoms with E-state index >= 15 is 0 Å². The second-order valence-electron chi connectivity index (χ2n) is 7.75. The number of nitrogens with zero attached hydrogens (tertiary/aromatic N) is 3. The van der Waals surface area contributed by atoms with Gasteiger partial charge in [0.05, 0.1) is 24.4 Å². The van der Waals surface area contributed by atoms with E-state index < -0.39 is 10.0 Å². The number of nitrogens with one attached hydrogen (secondary N) is 2. The Hall–Kier alpha value is -3.21. The molecule has 33 heavy (non-hydrogen) atoms. The minimum absolute atomic E-state index is 0.244. The lowest BCUT2D eigenvalue weighted by atomic mass is 10.1. The summed E-state index contributed by atoms with van der Waals surface area (Å²) in [6.07, 6.45) is 5.41. The summed E-state index contributed by atoms with van der Waals surface area (Å²) in [7, 11) is -3.52. The highest BCUT2D eigenvalue weighted by Gasteiger charge is 2.26. The minimum Gasteiger partial charge on any atom is -0.379 e. The molecule has 174 valence electrons. The molecule has 2 aromatic carbocycles. The van der Waals surface area contributed by atoms with Crippen molar-refractivity contribution in [3.8, 4) is 0 Å². The van der Waals surface area contributed by atoms with Crippen molar-refractivity contribution in [2.75, 3.05) is 26.3 Å². The zero-order chi connectivity index (χ0) is 23.1. The molecule has 3 aromatic rings. The zero-order valence-electron chi connectivity index (χ0n) is 18.2. The Balaban J connectivity index is 1.25. The van der Waals surface area contributed by atoms with E-state index in [9.17, 15) is 13.2 Å². The number of carbonyl (C=O) groups excluding carboxylic acids is 1. The molecule has 10 heteroatoms. The first-order chi connectivity index (χ1) is 16.0. The van der Waals surface area contributed by atoms with Gasteiger partial charge < -0.3 is 19.9 Å². The molecule has 0 spiro atoms. The number of ether oxygens (including phenoxy) is 1. The van der Waals surface area contributed by atoms with Gasteiger partial charge in [0.15, 0.2) is 0 Å². The smallest absolute Gasteiger partial charge is 0.315 e. The maximum absolute atomic E-state index is 12.7. The van der Waals surface area contributed by atoms with Crippen LogP contribution < -0.4 is 10.6 Å². The highest BCUT2D eigenvalue weighted by molar-refractivity contribution is 7.89. The average Bonchev–Trinajstić information content (AvgIpc) is 3.35. The second kappa shape index (κ2) is 10.6. The van der Waals surface area contributed by atoms with Crippen LogP contribution in [-0.2, 0) is 34.4 Å². The van der Waals surface area contributed by atoms with E-state index in [1.54, 1.807) is 36.8 Å². The molecule has 0 saturated carbocycles. The fourth-order valence-corrected chi connectivity index (χ4v) is 4.98. The second-order valence-corrected chi connectivity index (χ2v) is 9.69. The highest BCUT2D eigenvalue weighted by atomic mass is 32.2. The molecule has 9 nitrogen and oxygen atoms in total. The summed E-state index contributed by atoms with van der Waals surface area (Å²) in [6, 6.07) is 14.3. The van der Waals surface area contributed by atoms with Crippen molar-refractivity contribution in [2.24, 2.45) is 0 Å². The Morgan fingerprint density at radius 1 is 0.970 bits per heavy atom. The van der Waals surface area contributed by atoms with Crippen LogP contribution in [0.5, 0.6) is 0 Å². The van der Waals surface area contributed by atoms with Gasteiger partial charge in [-0.1, -0.05) is 36.4 Å². The molecule has 1 saturated heterocycles. The van der Waals surface area contributed by atoms with E-state index in [4.69, 9.17) is 4.74 Å². The molecule has 0 bridgehead atoms. The molecule has 0 atom stereocenters. The van der Waals surface area contributed by atoms with Gasteiger partial charge in [-0.2, -0.15) is 4.31 Å². The molecule has 4 rings (SSSR count). The molecule has 2 N–H and O–H groups in total. The van der Waals surface area contributed by atoms with Crippen LogP contribution in [0.4, 0.5) is 4.79 Å². The normalized spacial score (nSPS) is 14.7. The van der Waals surface area contributed by atoms with Crippen LogP contribution in [0.15, 0.2) is 72.1 Å². The number of carbonyl (C=O) groups is 1. The zero-order valence-corrected chi connectivity index (χ0v) is 19.0. The first-order valence-electron chi connectivity index (χ1n) is 10.7. The standard InChI is InChI=1S/C23H27N5O4S/c29-23(26-16-20-2-1-3-21(14-20)17-27-9-8-24-18-27)25-15-19-4-6-22(7-5-19)33(30,31)28-10-12-32-13-11-28/h1-9,14,18H,10-13,15-17H2,(H2,25,26,29). The molecule has 0 unspecified atom stereocenters. The summed E-state index contributed by atoms with van der Waals surface area (Å²) in [5, 5.41) is 5.65. The number of hydrogen-bond donors (Lipinski definition) is 2. The van der Waals surface area contributed by atoms with Gasteiger partial charge in [-0.3, -0.25) is 0 Å². The Bertz CT molecular complexity index is 1160. The van der Waals surface area contributed by atoms with Crippen molar-refractivity contribution in [2.45, 2.75) is 24.5 Å². The molecular weight excluding hydrogens is 442 g/mol. The molecule has 0 radical (unpaired) electrons. The number of morpholine rings is 1. The number of sulfonamides is 1. The maximum atomic E-state index is 12.7. The maximum Gasteiger partial charge on any atom is 0.315 e. The van der Waals surface area contributed by atoms with Gasteiger partial charge in [0.1, 0.15) is 0 Å². The summed E-state index contributed by atoms with van der Waals surface area (Å²) in [6.45, 7) is 2.95. The average molecular weight is 470 g/mol. The van der Waals surface area contributed by atoms with Crippen LogP contribution in [0, 0.1) is 0 Å². The van der Waals surface area contributed by atoms with Gasteiger partial charge in [0.25, 0.3) is 0 Å². The van der Waals surface area contributed by atoms with E-state index in [0.29, 0.717) is 39.4 Å². The van der Waals surface area contributed by atoms with E-state index in [0.717, 1.165) is 23.2 Å². The van der Waals surface area contributed by atoms with Crippen molar-refractivity contribution in [1.29, 1.82) is 0 Å². The predicted molar refractivity (Wildman–Crippen MR) is 123 cm³/mol. The molecule has 1 fully saturated rings. The molecule has 1 aliphatic rings. The third-order valence-electron chi connectivity index (χ3n) is 5.35. The van der Waals surface area contributed by atoms with Crippen molar-refractivity contribution >= 4 is 16.1 Å². The van der Waals surface area contributed by atoms with Crippen LogP contribution in [0.1, 0.15) is 16.7 Å². The van der Waals surface area contributed by atoms with E-state index in [1.807, 2.05) is 35.0 Å². The Morgan fingerprint density at radius 3 is 2.36 bits per heavy atom. The van der Waals surface area contributed by atoms with Crippen molar-refractivity contribution in [1.82, 2.24) is 24.5 Å². The number of benzene rings is 2. The van der Waals surface area contributed by atoms with Crippen LogP contribution in [-0.4, -0.2) is 54.6 Å². The molecule has 1 aromatic heterocycles. The first kappa shape index (κ1) is 23.0. The lowest BCUT2D eigenvalue weighted by Gasteiger charge is -2.26. The topological polar surface area (TPSA) is 106 Å². The minimum atomic E-state index is -3.52. The Labute approximate surface area is 193 Å². The fourth-order valence-electron chi connectivity index (χ4n) is 3.57. The molecule has 0 aliphatic carbocycles. The quantitative estimate of drug-likeness (QED) is 0.525. The van der Waals surface area contributed by atoms with Gasteiger partial charge in [-0.05, 0) is 28.8 Å². The van der Waals surface area contributed by atoms with Crippen molar-refractivity contribution < 1.29 is 17.9 Å². The first-order valence-corrected chi connectivity index (χ1v) is 12.2. The third-order valence-corrected chi connectivity index (χ3v) is 7.27. The summed E-state index contributed by atoms with van der Waals surface area (Å²) in [5.74, 6) is 0. The van der Waals surface area contributed by atoms with E-state index in [-0.39, 0.29) is 10.9 Å². The van der Waals surface area contributed by atoms with Gasteiger partial charge in [0, 0.05) is 45.1 Å². The summed E-state index contributed by atoms with van der Waals surface area (Å²) in [5.41, 5.74) is 2.94. The Kier molecular flexibility index (Phi) is 7.38. The molecule has 1 aliphatic heterocycles. The van der Waals surface area contributed by atoms with Gasteiger partial charge in [0.2, 0.25) is 10.0 Å². The predicted octanol–water partition coefficient (Wildman–Crippen LogP) is 1.95. The molecular formula is C23H27N5O4S. The number of urea groups is 1. The number of hydrogen-bond acceptors (Lipinski definition) is 5. The monoisotopic (exact) mass is 469 g/mol. The van der Waals surface area contributed by atoms with Crippen LogP contribution in [0.25, 0.3) is 0 Å². The van der Waals surface area contributed by atoms with Gasteiger partial charge >= 0.3 is 6.03 Å². The fraction of sp³-hybridized carbons (Fsp3) is 0.304. The largest absolute Gasteiger partial charge is 0.379 e. The summed E-state index contributed by atoms with van der Waals surface area (Å²) in [4.78, 5) is 16.5. The lowest BCUT2D eigenvalue weighted by molar-refractivity contribution is 0.0730. The van der Waals surface area contributed by atoms with Gasteiger partial charge in [-0.25, -0.2) is 18.2 Å². The SMILES string of the molecule is O=C(NCc1ccc(S(=O)(=O)N2CCOCC2)cc1)NCc1cccc(Cn2ccnc2)c1. The third kappa shape index (κ3) is 6.19. The number of aromatic nitrogens is 2. The van der Waals surface area contributed by atoms with Crippen LogP contribution >= 0.6 is 0 Å². The lowest BCUT2D eigenvalue weighted by Crippen LogP contribution is -2.40. The van der Waals surface area contributed by atoms with Crippen LogP contribution in [0.3, 0.4) is 0 Å². The van der Waals surface area contributed by atoms with E-state index in [2.05, 4.69) is 15.6 Å². The van der Waals surface area contributed by atoms with Crippen LogP contribution in [0.2, 0.25) is 0 Å². The van der Waals surface area contributed by atoms with Crippen molar-refractivity contribution in [3.63, 3.8) is 0 Å². The van der Waals surface area contributed by atoms with E-state index in [1.165, 1.54) is 4.31 Å². The summed E-state index contributed by atoms with van der Waals surface area (Å²) < 4.78 is 34.0. The molecule has 2 amide bonds. The number of amides is 2. The number of rotatable bonds is 8. The van der Waals surface area contributed by atoms with Gasteiger partial charge in [-0.15, -0.1) is 0 Å². The highest BCUT2D eigenvalue weighted by Crippen LogP contribution is 2.17. The summed E-state index contributed by atoms with van der Waals surface area (Å²) >= 11 is 0. The molecule has 2 heterocycles. The Morgan fingerprint density at radius 2 is 1.67 bits per heavy atom. The number of imidazole rings is 1.